The largest absolute Gasteiger partial charge is 0.394 e. The van der Waals surface area contributed by atoms with Crippen molar-refractivity contribution in [3.05, 3.63) is 54.5 Å². The van der Waals surface area contributed by atoms with Crippen LogP contribution in [0.1, 0.15) is 24.6 Å². The SMILES string of the molecule is OCC1CCC(n2ccc3c(SCCc4ccccc4)ncnc32)O1. The summed E-state index contributed by atoms with van der Waals surface area (Å²) in [5, 5.41) is 11.3. The lowest BCUT2D eigenvalue weighted by Gasteiger charge is -2.14. The summed E-state index contributed by atoms with van der Waals surface area (Å²) < 4.78 is 7.95. The van der Waals surface area contributed by atoms with E-state index in [0.29, 0.717) is 0 Å². The van der Waals surface area contributed by atoms with Crippen LogP contribution in [0.25, 0.3) is 11.0 Å². The van der Waals surface area contributed by atoms with Crippen LogP contribution in [-0.2, 0) is 11.2 Å². The molecule has 1 aliphatic rings. The summed E-state index contributed by atoms with van der Waals surface area (Å²) in [5.41, 5.74) is 2.24. The molecule has 0 saturated carbocycles. The maximum Gasteiger partial charge on any atom is 0.146 e. The lowest BCUT2D eigenvalue weighted by atomic mass is 10.2. The van der Waals surface area contributed by atoms with Crippen molar-refractivity contribution in [2.45, 2.75) is 36.6 Å². The summed E-state index contributed by atoms with van der Waals surface area (Å²) in [6.45, 7) is 0.0747. The van der Waals surface area contributed by atoms with E-state index in [9.17, 15) is 5.11 Å². The minimum absolute atomic E-state index is 0.0493. The Morgan fingerprint density at radius 1 is 1.16 bits per heavy atom. The third-order valence-electron chi connectivity index (χ3n) is 4.54. The van der Waals surface area contributed by atoms with Gasteiger partial charge in [0.25, 0.3) is 0 Å². The number of aliphatic hydroxyl groups is 1. The summed E-state index contributed by atoms with van der Waals surface area (Å²) in [6.07, 6.45) is 6.32. The van der Waals surface area contributed by atoms with Gasteiger partial charge in [-0.25, -0.2) is 9.97 Å². The first-order valence-corrected chi connectivity index (χ1v) is 9.58. The van der Waals surface area contributed by atoms with E-state index in [1.807, 2.05) is 12.3 Å². The second-order valence-corrected chi connectivity index (χ2v) is 7.28. The van der Waals surface area contributed by atoms with E-state index in [-0.39, 0.29) is 18.9 Å². The number of thioether (sulfide) groups is 1. The molecule has 0 amide bonds. The highest BCUT2D eigenvalue weighted by atomic mass is 32.2. The zero-order valence-electron chi connectivity index (χ0n) is 13.9. The molecule has 0 radical (unpaired) electrons. The fourth-order valence-corrected chi connectivity index (χ4v) is 4.20. The Morgan fingerprint density at radius 3 is 2.84 bits per heavy atom. The molecule has 6 heteroatoms. The van der Waals surface area contributed by atoms with Crippen LogP contribution in [-0.4, -0.2) is 38.1 Å². The molecule has 2 atom stereocenters. The van der Waals surface area contributed by atoms with E-state index in [1.54, 1.807) is 18.1 Å². The van der Waals surface area contributed by atoms with Crippen molar-refractivity contribution in [1.82, 2.24) is 14.5 Å². The Hall–Kier alpha value is -1.89. The zero-order chi connectivity index (χ0) is 17.1. The first-order chi connectivity index (χ1) is 12.3. The number of ether oxygens (including phenoxy) is 1. The molecule has 5 nitrogen and oxygen atoms in total. The molecule has 1 N–H and O–H groups in total. The molecule has 0 aliphatic carbocycles. The predicted octanol–water partition coefficient (Wildman–Crippen LogP) is 3.44. The van der Waals surface area contributed by atoms with Crippen LogP contribution in [0, 0.1) is 0 Å². The fourth-order valence-electron chi connectivity index (χ4n) is 3.23. The van der Waals surface area contributed by atoms with Crippen LogP contribution in [0.5, 0.6) is 0 Å². The Morgan fingerprint density at radius 2 is 2.04 bits per heavy atom. The molecular weight excluding hydrogens is 334 g/mol. The average molecular weight is 355 g/mol. The molecule has 2 unspecified atom stereocenters. The first kappa shape index (κ1) is 16.6. The number of benzene rings is 1. The summed E-state index contributed by atoms with van der Waals surface area (Å²) >= 11 is 1.76. The van der Waals surface area contributed by atoms with Crippen molar-refractivity contribution in [3.8, 4) is 0 Å². The number of nitrogens with zero attached hydrogens (tertiary/aromatic N) is 3. The third-order valence-corrected chi connectivity index (χ3v) is 5.55. The second-order valence-electron chi connectivity index (χ2n) is 6.20. The lowest BCUT2D eigenvalue weighted by molar-refractivity contribution is -0.0204. The van der Waals surface area contributed by atoms with Crippen molar-refractivity contribution in [3.63, 3.8) is 0 Å². The minimum Gasteiger partial charge on any atom is -0.394 e. The van der Waals surface area contributed by atoms with E-state index in [0.717, 1.165) is 41.1 Å². The van der Waals surface area contributed by atoms with Gasteiger partial charge in [0.05, 0.1) is 18.1 Å². The second kappa shape index (κ2) is 7.56. The standard InChI is InChI=1S/C19H21N3O2S/c23-12-15-6-7-17(24-15)22-10-8-16-18(22)20-13-21-19(16)25-11-9-14-4-2-1-3-5-14/h1-5,8,10,13,15,17,23H,6-7,9,11-12H2. The molecule has 25 heavy (non-hydrogen) atoms. The van der Waals surface area contributed by atoms with E-state index < -0.39 is 0 Å². The topological polar surface area (TPSA) is 60.2 Å². The van der Waals surface area contributed by atoms with Gasteiger partial charge >= 0.3 is 0 Å². The van der Waals surface area contributed by atoms with Crippen molar-refractivity contribution < 1.29 is 9.84 Å². The van der Waals surface area contributed by atoms with Crippen molar-refractivity contribution in [2.75, 3.05) is 12.4 Å². The van der Waals surface area contributed by atoms with Crippen LogP contribution < -0.4 is 0 Å². The average Bonchev–Trinajstić information content (AvgIpc) is 3.29. The smallest absolute Gasteiger partial charge is 0.146 e. The number of aliphatic hydroxyl groups excluding tert-OH is 1. The molecule has 0 spiro atoms. The summed E-state index contributed by atoms with van der Waals surface area (Å²) in [6, 6.07) is 12.6. The Balaban J connectivity index is 1.49. The van der Waals surface area contributed by atoms with Crippen LogP contribution in [0.3, 0.4) is 0 Å². The van der Waals surface area contributed by atoms with Gasteiger partial charge in [-0.15, -0.1) is 11.8 Å². The number of fused-ring (bicyclic) bond motifs is 1. The van der Waals surface area contributed by atoms with Crippen LogP contribution in [0.2, 0.25) is 0 Å². The van der Waals surface area contributed by atoms with Gasteiger partial charge in [0.1, 0.15) is 23.2 Å². The monoisotopic (exact) mass is 355 g/mol. The number of hydrogen-bond donors (Lipinski definition) is 1. The van der Waals surface area contributed by atoms with Gasteiger partial charge in [-0.1, -0.05) is 30.3 Å². The summed E-state index contributed by atoms with van der Waals surface area (Å²) in [4.78, 5) is 8.93. The van der Waals surface area contributed by atoms with Crippen LogP contribution in [0.15, 0.2) is 53.9 Å². The van der Waals surface area contributed by atoms with Gasteiger partial charge in [0, 0.05) is 11.9 Å². The van der Waals surface area contributed by atoms with E-state index >= 15 is 0 Å². The highest BCUT2D eigenvalue weighted by molar-refractivity contribution is 7.99. The van der Waals surface area contributed by atoms with Gasteiger partial charge in [-0.2, -0.15) is 0 Å². The van der Waals surface area contributed by atoms with Gasteiger partial charge < -0.3 is 14.4 Å². The predicted molar refractivity (Wildman–Crippen MR) is 98.6 cm³/mol. The molecule has 1 aromatic carbocycles. The molecular formula is C19H21N3O2S. The fraction of sp³-hybridized carbons (Fsp3) is 0.368. The number of rotatable bonds is 6. The molecule has 3 aromatic rings. The molecule has 3 heterocycles. The zero-order valence-corrected chi connectivity index (χ0v) is 14.7. The third kappa shape index (κ3) is 3.56. The Labute approximate surface area is 151 Å². The lowest BCUT2D eigenvalue weighted by Crippen LogP contribution is -2.14. The van der Waals surface area contributed by atoms with E-state index in [4.69, 9.17) is 4.74 Å². The summed E-state index contributed by atoms with van der Waals surface area (Å²) in [5.74, 6) is 0.980. The van der Waals surface area contributed by atoms with Crippen molar-refractivity contribution in [1.29, 1.82) is 0 Å². The normalized spacial score (nSPS) is 20.4. The van der Waals surface area contributed by atoms with Crippen molar-refractivity contribution in [2.24, 2.45) is 0 Å². The van der Waals surface area contributed by atoms with Crippen LogP contribution >= 0.6 is 11.8 Å². The van der Waals surface area contributed by atoms with Gasteiger partial charge in [-0.3, -0.25) is 0 Å². The van der Waals surface area contributed by atoms with E-state index in [1.165, 1.54) is 5.56 Å². The quantitative estimate of drug-likeness (QED) is 0.542. The maximum absolute atomic E-state index is 9.27. The highest BCUT2D eigenvalue weighted by Gasteiger charge is 2.27. The molecule has 1 fully saturated rings. The molecule has 1 aliphatic heterocycles. The van der Waals surface area contributed by atoms with Gasteiger partial charge in [0.15, 0.2) is 0 Å². The van der Waals surface area contributed by atoms with Crippen molar-refractivity contribution >= 4 is 22.8 Å². The Kier molecular flexibility index (Phi) is 5.01. The van der Waals surface area contributed by atoms with Gasteiger partial charge in [-0.05, 0) is 30.9 Å². The number of aromatic nitrogens is 3. The molecule has 4 rings (SSSR count). The summed E-state index contributed by atoms with van der Waals surface area (Å²) in [7, 11) is 0. The number of hydrogen-bond acceptors (Lipinski definition) is 5. The maximum atomic E-state index is 9.27. The molecule has 0 bridgehead atoms. The highest BCUT2D eigenvalue weighted by Crippen LogP contribution is 2.33. The first-order valence-electron chi connectivity index (χ1n) is 8.60. The van der Waals surface area contributed by atoms with E-state index in [2.05, 4.69) is 44.9 Å². The number of aryl methyl sites for hydroxylation is 1. The minimum atomic E-state index is -0.0657. The Bertz CT molecular complexity index is 837. The van der Waals surface area contributed by atoms with Crippen LogP contribution in [0.4, 0.5) is 0 Å². The molecule has 1 saturated heterocycles. The molecule has 130 valence electrons. The molecule has 2 aromatic heterocycles. The van der Waals surface area contributed by atoms with Gasteiger partial charge in [0.2, 0.25) is 0 Å².